The van der Waals surface area contributed by atoms with Crippen LogP contribution in [0.4, 0.5) is 0 Å². The summed E-state index contributed by atoms with van der Waals surface area (Å²) in [6.07, 6.45) is 6.48. The highest BCUT2D eigenvalue weighted by atomic mass is 15.3. The van der Waals surface area contributed by atoms with Crippen LogP contribution in [-0.2, 0) is 20.0 Å². The molecule has 2 N–H and O–H groups in total. The summed E-state index contributed by atoms with van der Waals surface area (Å²) < 4.78 is 1.91. The number of aromatic amines is 1. The van der Waals surface area contributed by atoms with Gasteiger partial charge >= 0.3 is 0 Å². The Morgan fingerprint density at radius 2 is 2.31 bits per heavy atom. The molecule has 86 valence electrons. The molecule has 0 bridgehead atoms. The summed E-state index contributed by atoms with van der Waals surface area (Å²) in [6.45, 7) is 3.88. The van der Waals surface area contributed by atoms with Gasteiger partial charge < -0.3 is 10.3 Å². The van der Waals surface area contributed by atoms with E-state index in [1.54, 1.807) is 6.33 Å². The minimum Gasteiger partial charge on any atom is -0.347 e. The van der Waals surface area contributed by atoms with Crippen molar-refractivity contribution in [1.82, 2.24) is 25.1 Å². The van der Waals surface area contributed by atoms with Gasteiger partial charge in [-0.25, -0.2) is 4.98 Å². The maximum atomic E-state index is 4.22. The van der Waals surface area contributed by atoms with Crippen LogP contribution in [0.3, 0.4) is 0 Å². The van der Waals surface area contributed by atoms with Gasteiger partial charge in [0.15, 0.2) is 0 Å². The number of hydrogen-bond acceptors (Lipinski definition) is 3. The smallest absolute Gasteiger partial charge is 0.0922 e. The van der Waals surface area contributed by atoms with Crippen LogP contribution < -0.4 is 5.32 Å². The summed E-state index contributed by atoms with van der Waals surface area (Å²) in [5.74, 6) is 0. The molecule has 0 aliphatic rings. The van der Waals surface area contributed by atoms with Crippen molar-refractivity contribution in [3.63, 3.8) is 0 Å². The Morgan fingerprint density at radius 3 is 2.94 bits per heavy atom. The number of H-pyrrole nitrogens is 1. The monoisotopic (exact) mass is 219 g/mol. The van der Waals surface area contributed by atoms with E-state index in [1.165, 1.54) is 11.3 Å². The van der Waals surface area contributed by atoms with Crippen molar-refractivity contribution in [2.45, 2.75) is 19.9 Å². The zero-order valence-corrected chi connectivity index (χ0v) is 9.70. The molecule has 0 amide bonds. The van der Waals surface area contributed by atoms with Gasteiger partial charge in [-0.15, -0.1) is 0 Å². The number of rotatable bonds is 5. The lowest BCUT2D eigenvalue weighted by Gasteiger charge is -2.03. The van der Waals surface area contributed by atoms with E-state index in [-0.39, 0.29) is 0 Å². The molecule has 2 aromatic rings. The molecule has 0 spiro atoms. The zero-order valence-electron chi connectivity index (χ0n) is 9.70. The van der Waals surface area contributed by atoms with Crippen molar-refractivity contribution in [1.29, 1.82) is 0 Å². The van der Waals surface area contributed by atoms with Crippen LogP contribution >= 0.6 is 0 Å². The van der Waals surface area contributed by atoms with Crippen molar-refractivity contribution in [2.75, 3.05) is 6.54 Å². The number of imidazole rings is 1. The van der Waals surface area contributed by atoms with Crippen LogP contribution in [0.25, 0.3) is 0 Å². The number of nitrogens with zero attached hydrogens (tertiary/aromatic N) is 3. The maximum absolute atomic E-state index is 4.22. The molecule has 0 fully saturated rings. The molecule has 0 aliphatic heterocycles. The van der Waals surface area contributed by atoms with Gasteiger partial charge in [0, 0.05) is 31.2 Å². The number of hydrogen-bond donors (Lipinski definition) is 2. The van der Waals surface area contributed by atoms with E-state index in [1.807, 2.05) is 24.1 Å². The lowest BCUT2D eigenvalue weighted by molar-refractivity contribution is 0.673. The minimum absolute atomic E-state index is 0.833. The maximum Gasteiger partial charge on any atom is 0.0922 e. The summed E-state index contributed by atoms with van der Waals surface area (Å²) in [4.78, 5) is 7.03. The normalized spacial score (nSPS) is 10.9. The van der Waals surface area contributed by atoms with Crippen LogP contribution in [0.15, 0.2) is 18.7 Å². The first-order valence-electron chi connectivity index (χ1n) is 5.43. The van der Waals surface area contributed by atoms with E-state index in [0.717, 1.165) is 25.2 Å². The van der Waals surface area contributed by atoms with Crippen LogP contribution in [0.1, 0.15) is 17.0 Å². The number of nitrogens with one attached hydrogen (secondary N) is 2. The summed E-state index contributed by atoms with van der Waals surface area (Å²) in [6, 6.07) is 0. The van der Waals surface area contributed by atoms with Gasteiger partial charge in [0.05, 0.1) is 12.5 Å². The van der Waals surface area contributed by atoms with E-state index < -0.39 is 0 Å². The Hall–Kier alpha value is -1.62. The molecule has 2 heterocycles. The Balaban J connectivity index is 1.74. The third-order valence-corrected chi connectivity index (χ3v) is 2.78. The van der Waals surface area contributed by atoms with Crippen molar-refractivity contribution >= 4 is 0 Å². The highest BCUT2D eigenvalue weighted by Gasteiger charge is 2.02. The van der Waals surface area contributed by atoms with Gasteiger partial charge in [-0.3, -0.25) is 4.68 Å². The summed E-state index contributed by atoms with van der Waals surface area (Å²) in [5.41, 5.74) is 3.66. The molecule has 0 aliphatic carbocycles. The molecule has 5 nitrogen and oxygen atoms in total. The average molecular weight is 219 g/mol. The second-order valence-corrected chi connectivity index (χ2v) is 3.88. The first-order chi connectivity index (χ1) is 7.77. The molecule has 0 unspecified atom stereocenters. The van der Waals surface area contributed by atoms with Gasteiger partial charge in [0.25, 0.3) is 0 Å². The molecule has 2 rings (SSSR count). The second-order valence-electron chi connectivity index (χ2n) is 3.88. The number of aryl methyl sites for hydroxylation is 1. The largest absolute Gasteiger partial charge is 0.347 e. The summed E-state index contributed by atoms with van der Waals surface area (Å²) in [5, 5.41) is 7.58. The molecule has 0 saturated carbocycles. The highest BCUT2D eigenvalue weighted by Crippen LogP contribution is 2.05. The quantitative estimate of drug-likeness (QED) is 0.731. The van der Waals surface area contributed by atoms with Crippen LogP contribution in [-0.4, -0.2) is 26.3 Å². The van der Waals surface area contributed by atoms with Gasteiger partial charge in [-0.1, -0.05) is 0 Å². The fourth-order valence-corrected chi connectivity index (χ4v) is 1.62. The molecule has 0 saturated heterocycles. The Labute approximate surface area is 94.9 Å². The topological polar surface area (TPSA) is 58.5 Å². The molecule has 0 aromatic carbocycles. The lowest BCUT2D eigenvalue weighted by Crippen LogP contribution is -2.17. The van der Waals surface area contributed by atoms with Crippen molar-refractivity contribution in [3.05, 3.63) is 35.7 Å². The SMILES string of the molecule is Cc1c(CCNCc2cnc[nH]2)cnn1C. The molecule has 0 atom stereocenters. The van der Waals surface area contributed by atoms with Crippen molar-refractivity contribution in [2.24, 2.45) is 7.05 Å². The Morgan fingerprint density at radius 1 is 1.44 bits per heavy atom. The highest BCUT2D eigenvalue weighted by molar-refractivity contribution is 5.16. The van der Waals surface area contributed by atoms with E-state index in [9.17, 15) is 0 Å². The fraction of sp³-hybridized carbons (Fsp3) is 0.455. The molecule has 2 aromatic heterocycles. The van der Waals surface area contributed by atoms with Gasteiger partial charge in [0.1, 0.15) is 0 Å². The van der Waals surface area contributed by atoms with E-state index in [2.05, 4.69) is 27.3 Å². The summed E-state index contributed by atoms with van der Waals surface area (Å²) >= 11 is 0. The van der Waals surface area contributed by atoms with E-state index in [4.69, 9.17) is 0 Å². The van der Waals surface area contributed by atoms with E-state index in [0.29, 0.717) is 0 Å². The predicted octanol–water partition coefficient (Wildman–Crippen LogP) is 0.784. The minimum atomic E-state index is 0.833. The first-order valence-corrected chi connectivity index (χ1v) is 5.43. The van der Waals surface area contributed by atoms with E-state index >= 15 is 0 Å². The van der Waals surface area contributed by atoms with Crippen LogP contribution in [0.5, 0.6) is 0 Å². The van der Waals surface area contributed by atoms with Crippen LogP contribution in [0, 0.1) is 6.92 Å². The molecule has 0 radical (unpaired) electrons. The van der Waals surface area contributed by atoms with Crippen molar-refractivity contribution in [3.8, 4) is 0 Å². The fourth-order valence-electron chi connectivity index (χ4n) is 1.62. The lowest BCUT2D eigenvalue weighted by atomic mass is 10.2. The number of aromatic nitrogens is 4. The molecule has 5 heteroatoms. The van der Waals surface area contributed by atoms with Crippen LogP contribution in [0.2, 0.25) is 0 Å². The Bertz CT molecular complexity index is 429. The molecule has 16 heavy (non-hydrogen) atoms. The molecular weight excluding hydrogens is 202 g/mol. The van der Waals surface area contributed by atoms with Gasteiger partial charge in [-0.2, -0.15) is 5.10 Å². The standard InChI is InChI=1S/C11H17N5/c1-9-10(5-15-16(9)2)3-4-12-6-11-7-13-8-14-11/h5,7-8,12H,3-4,6H2,1-2H3,(H,13,14). The van der Waals surface area contributed by atoms with Gasteiger partial charge in [-0.05, 0) is 25.5 Å². The zero-order chi connectivity index (χ0) is 11.4. The second kappa shape index (κ2) is 4.94. The Kier molecular flexibility index (Phi) is 3.36. The van der Waals surface area contributed by atoms with Gasteiger partial charge in [0.2, 0.25) is 0 Å². The third kappa shape index (κ3) is 2.49. The third-order valence-electron chi connectivity index (χ3n) is 2.78. The van der Waals surface area contributed by atoms with Crippen molar-refractivity contribution < 1.29 is 0 Å². The molecular formula is C11H17N5. The average Bonchev–Trinajstić information content (AvgIpc) is 2.88. The predicted molar refractivity (Wildman–Crippen MR) is 61.9 cm³/mol. The summed E-state index contributed by atoms with van der Waals surface area (Å²) in [7, 11) is 1.97. The first kappa shape index (κ1) is 10.9.